The summed E-state index contributed by atoms with van der Waals surface area (Å²) < 4.78 is 0. The molecule has 1 heterocycles. The number of aromatic nitrogens is 2. The van der Waals surface area contributed by atoms with Crippen molar-refractivity contribution in [3.63, 3.8) is 0 Å². The summed E-state index contributed by atoms with van der Waals surface area (Å²) in [6, 6.07) is 10.3. The molecular formula is C18H24N4O. The first-order chi connectivity index (χ1) is 11.1. The molecule has 0 fully saturated rings. The van der Waals surface area contributed by atoms with Crippen LogP contribution < -0.4 is 10.2 Å². The normalized spacial score (nSPS) is 11.8. The molecule has 0 saturated carbocycles. The van der Waals surface area contributed by atoms with Gasteiger partial charge in [-0.05, 0) is 25.8 Å². The zero-order valence-corrected chi connectivity index (χ0v) is 14.0. The highest BCUT2D eigenvalue weighted by atomic mass is 16.1. The maximum absolute atomic E-state index is 12.1. The Balaban J connectivity index is 2.06. The van der Waals surface area contributed by atoms with Gasteiger partial charge in [0.1, 0.15) is 0 Å². The van der Waals surface area contributed by atoms with Gasteiger partial charge in [0.15, 0.2) is 0 Å². The van der Waals surface area contributed by atoms with E-state index in [1.165, 1.54) is 5.56 Å². The first kappa shape index (κ1) is 16.9. The van der Waals surface area contributed by atoms with Crippen LogP contribution in [0.3, 0.4) is 0 Å². The summed E-state index contributed by atoms with van der Waals surface area (Å²) in [4.78, 5) is 22.8. The third kappa shape index (κ3) is 4.77. The molecule has 122 valence electrons. The van der Waals surface area contributed by atoms with Crippen LogP contribution in [-0.2, 0) is 6.54 Å². The summed E-state index contributed by atoms with van der Waals surface area (Å²) in [6.45, 7) is 7.62. The monoisotopic (exact) mass is 312 g/mol. The van der Waals surface area contributed by atoms with Crippen molar-refractivity contribution in [2.45, 2.75) is 39.8 Å². The second-order valence-corrected chi connectivity index (χ2v) is 5.55. The summed E-state index contributed by atoms with van der Waals surface area (Å²) in [5.41, 5.74) is 1.70. The molecule has 5 heteroatoms. The van der Waals surface area contributed by atoms with Gasteiger partial charge >= 0.3 is 0 Å². The number of amides is 1. The number of anilines is 1. The molecule has 0 radical (unpaired) electrons. The molecule has 0 spiro atoms. The molecule has 1 atom stereocenters. The summed E-state index contributed by atoms with van der Waals surface area (Å²) in [6.07, 6.45) is 4.08. The van der Waals surface area contributed by atoms with Gasteiger partial charge in [0.25, 0.3) is 5.91 Å². The van der Waals surface area contributed by atoms with E-state index in [4.69, 9.17) is 0 Å². The zero-order chi connectivity index (χ0) is 16.7. The Hall–Kier alpha value is -2.43. The molecular weight excluding hydrogens is 288 g/mol. The molecule has 5 nitrogen and oxygen atoms in total. The Bertz CT molecular complexity index is 613. The van der Waals surface area contributed by atoms with Crippen LogP contribution in [0, 0.1) is 0 Å². The molecule has 0 aliphatic rings. The van der Waals surface area contributed by atoms with Gasteiger partial charge in [0.05, 0.1) is 5.56 Å². The van der Waals surface area contributed by atoms with Gasteiger partial charge < -0.3 is 10.2 Å². The molecule has 0 saturated heterocycles. The van der Waals surface area contributed by atoms with Gasteiger partial charge in [-0.3, -0.25) is 4.79 Å². The first-order valence-corrected chi connectivity index (χ1v) is 8.05. The lowest BCUT2D eigenvalue weighted by Crippen LogP contribution is -2.32. The van der Waals surface area contributed by atoms with Crippen molar-refractivity contribution >= 4 is 11.9 Å². The molecule has 1 N–H and O–H groups in total. The van der Waals surface area contributed by atoms with Gasteiger partial charge in [-0.2, -0.15) is 0 Å². The summed E-state index contributed by atoms with van der Waals surface area (Å²) in [5, 5.41) is 2.92. The van der Waals surface area contributed by atoms with E-state index in [0.29, 0.717) is 11.5 Å². The second kappa shape index (κ2) is 8.27. The van der Waals surface area contributed by atoms with Gasteiger partial charge in [0, 0.05) is 31.5 Å². The highest BCUT2D eigenvalue weighted by Crippen LogP contribution is 2.12. The van der Waals surface area contributed by atoms with E-state index in [1.54, 1.807) is 12.4 Å². The van der Waals surface area contributed by atoms with Crippen LogP contribution in [0.15, 0.2) is 42.7 Å². The number of nitrogens with one attached hydrogen (secondary N) is 1. The maximum Gasteiger partial charge on any atom is 0.254 e. The molecule has 1 unspecified atom stereocenters. The molecule has 23 heavy (non-hydrogen) atoms. The predicted molar refractivity (Wildman–Crippen MR) is 92.4 cm³/mol. The van der Waals surface area contributed by atoms with E-state index in [0.717, 1.165) is 19.5 Å². The fourth-order valence-electron chi connectivity index (χ4n) is 2.14. The molecule has 0 aliphatic heterocycles. The standard InChI is InChI=1S/C18H24N4O/c1-4-14(3)21-17(23)16-11-19-18(20-12-16)22(5-2)13-15-9-7-6-8-10-15/h6-12,14H,4-5,13H2,1-3H3,(H,21,23). The van der Waals surface area contributed by atoms with Crippen molar-refractivity contribution in [3.05, 3.63) is 53.9 Å². The largest absolute Gasteiger partial charge is 0.350 e. The van der Waals surface area contributed by atoms with Crippen molar-refractivity contribution in [3.8, 4) is 0 Å². The van der Waals surface area contributed by atoms with E-state index >= 15 is 0 Å². The molecule has 1 aromatic carbocycles. The van der Waals surface area contributed by atoms with Crippen molar-refractivity contribution in [2.24, 2.45) is 0 Å². The third-order valence-corrected chi connectivity index (χ3v) is 3.77. The van der Waals surface area contributed by atoms with Crippen LogP contribution in [0.4, 0.5) is 5.95 Å². The lowest BCUT2D eigenvalue weighted by molar-refractivity contribution is 0.0938. The van der Waals surface area contributed by atoms with Crippen LogP contribution in [-0.4, -0.2) is 28.5 Å². The maximum atomic E-state index is 12.1. The first-order valence-electron chi connectivity index (χ1n) is 8.05. The molecule has 2 aromatic rings. The second-order valence-electron chi connectivity index (χ2n) is 5.55. The van der Waals surface area contributed by atoms with Gasteiger partial charge in [-0.15, -0.1) is 0 Å². The fourth-order valence-corrected chi connectivity index (χ4v) is 2.14. The lowest BCUT2D eigenvalue weighted by Gasteiger charge is -2.21. The Kier molecular flexibility index (Phi) is 6.09. The van der Waals surface area contributed by atoms with E-state index in [9.17, 15) is 4.79 Å². The van der Waals surface area contributed by atoms with Gasteiger partial charge in [-0.1, -0.05) is 37.3 Å². The molecule has 1 amide bonds. The van der Waals surface area contributed by atoms with E-state index < -0.39 is 0 Å². The quantitative estimate of drug-likeness (QED) is 0.854. The average Bonchev–Trinajstić information content (AvgIpc) is 2.60. The number of carbonyl (C=O) groups is 1. The Labute approximate surface area is 137 Å². The number of hydrogen-bond acceptors (Lipinski definition) is 4. The van der Waals surface area contributed by atoms with Crippen molar-refractivity contribution < 1.29 is 4.79 Å². The predicted octanol–water partition coefficient (Wildman–Crippen LogP) is 3.03. The zero-order valence-electron chi connectivity index (χ0n) is 14.0. The summed E-state index contributed by atoms with van der Waals surface area (Å²) in [7, 11) is 0. The van der Waals surface area contributed by atoms with Gasteiger partial charge in [-0.25, -0.2) is 9.97 Å². The minimum atomic E-state index is -0.128. The Morgan fingerprint density at radius 3 is 2.39 bits per heavy atom. The van der Waals surface area contributed by atoms with Gasteiger partial charge in [0.2, 0.25) is 5.95 Å². The van der Waals surface area contributed by atoms with Crippen molar-refractivity contribution in [1.82, 2.24) is 15.3 Å². The highest BCUT2D eigenvalue weighted by molar-refractivity contribution is 5.93. The van der Waals surface area contributed by atoms with Crippen LogP contribution >= 0.6 is 0 Å². The Morgan fingerprint density at radius 1 is 1.17 bits per heavy atom. The topological polar surface area (TPSA) is 58.1 Å². The highest BCUT2D eigenvalue weighted by Gasteiger charge is 2.12. The number of carbonyl (C=O) groups excluding carboxylic acids is 1. The fraction of sp³-hybridized carbons (Fsp3) is 0.389. The van der Waals surface area contributed by atoms with Crippen LogP contribution in [0.25, 0.3) is 0 Å². The van der Waals surface area contributed by atoms with Crippen molar-refractivity contribution in [1.29, 1.82) is 0 Å². The summed E-state index contributed by atoms with van der Waals surface area (Å²) in [5.74, 6) is 0.508. The molecule has 0 aliphatic carbocycles. The van der Waals surface area contributed by atoms with E-state index in [-0.39, 0.29) is 11.9 Å². The van der Waals surface area contributed by atoms with E-state index in [1.807, 2.05) is 32.0 Å². The van der Waals surface area contributed by atoms with Crippen LogP contribution in [0.2, 0.25) is 0 Å². The van der Waals surface area contributed by atoms with Crippen LogP contribution in [0.1, 0.15) is 43.1 Å². The minimum Gasteiger partial charge on any atom is -0.350 e. The molecule has 0 bridgehead atoms. The number of nitrogens with zero attached hydrogens (tertiary/aromatic N) is 3. The average molecular weight is 312 g/mol. The Morgan fingerprint density at radius 2 is 1.83 bits per heavy atom. The van der Waals surface area contributed by atoms with Crippen molar-refractivity contribution in [2.75, 3.05) is 11.4 Å². The molecule has 2 rings (SSSR count). The molecule has 1 aromatic heterocycles. The summed E-state index contributed by atoms with van der Waals surface area (Å²) >= 11 is 0. The minimum absolute atomic E-state index is 0.128. The number of benzene rings is 1. The van der Waals surface area contributed by atoms with Crippen LogP contribution in [0.5, 0.6) is 0 Å². The SMILES string of the molecule is CCC(C)NC(=O)c1cnc(N(CC)Cc2ccccc2)nc1. The number of rotatable bonds is 7. The van der Waals surface area contributed by atoms with E-state index in [2.05, 4.69) is 39.2 Å². The number of hydrogen-bond donors (Lipinski definition) is 1. The third-order valence-electron chi connectivity index (χ3n) is 3.77. The lowest BCUT2D eigenvalue weighted by atomic mass is 10.2. The smallest absolute Gasteiger partial charge is 0.254 e.